The minimum absolute atomic E-state index is 0.861. The zero-order chi connectivity index (χ0) is 7.54. The van der Waals surface area contributed by atoms with Crippen molar-refractivity contribution in [1.82, 2.24) is 0 Å². The van der Waals surface area contributed by atoms with Crippen LogP contribution in [0.3, 0.4) is 0 Å². The predicted molar refractivity (Wildman–Crippen MR) is 44.5 cm³/mol. The molecule has 2 N–H and O–H groups in total. The Balaban J connectivity index is 0. The van der Waals surface area contributed by atoms with Crippen molar-refractivity contribution in [3.8, 4) is 0 Å². The highest BCUT2D eigenvalue weighted by Gasteiger charge is 1.80. The molecule has 0 heterocycles. The Labute approximate surface area is 59.6 Å². The number of unbranched alkanes of at least 4 members (excludes halogenated alkanes) is 3. The van der Waals surface area contributed by atoms with E-state index >= 15 is 0 Å². The van der Waals surface area contributed by atoms with Gasteiger partial charge in [0.25, 0.3) is 0 Å². The first kappa shape index (κ1) is 11.7. The maximum atomic E-state index is 5.27. The van der Waals surface area contributed by atoms with Crippen LogP contribution in [0, 0.1) is 0 Å². The van der Waals surface area contributed by atoms with E-state index < -0.39 is 0 Å². The molecule has 0 aromatic rings. The molecule has 0 bridgehead atoms. The normalized spacial score (nSPS) is 8.00. The molecule has 0 unspecified atom stereocenters. The van der Waals surface area contributed by atoms with Gasteiger partial charge in [0.2, 0.25) is 0 Å². The molecule has 0 aromatic carbocycles. The molecule has 0 aliphatic heterocycles. The van der Waals surface area contributed by atoms with E-state index in [0.717, 1.165) is 6.54 Å². The predicted octanol–water partition coefficient (Wildman–Crippen LogP) is 2.55. The summed E-state index contributed by atoms with van der Waals surface area (Å²) in [7, 11) is 0. The van der Waals surface area contributed by atoms with Crippen LogP contribution in [-0.2, 0) is 0 Å². The highest BCUT2D eigenvalue weighted by molar-refractivity contribution is 4.38. The third-order valence-corrected chi connectivity index (χ3v) is 1.06. The fourth-order valence-corrected chi connectivity index (χ4v) is 0.571. The zero-order valence-electron chi connectivity index (χ0n) is 7.11. The first-order valence-corrected chi connectivity index (χ1v) is 4.12. The minimum atomic E-state index is 0.861. The Morgan fingerprint density at radius 1 is 1.00 bits per heavy atom. The molecule has 1 nitrogen and oxygen atoms in total. The van der Waals surface area contributed by atoms with Gasteiger partial charge in [-0.2, -0.15) is 0 Å². The molecule has 0 rings (SSSR count). The van der Waals surface area contributed by atoms with Gasteiger partial charge in [0.1, 0.15) is 0 Å². The maximum absolute atomic E-state index is 5.27. The van der Waals surface area contributed by atoms with Crippen molar-refractivity contribution in [2.24, 2.45) is 5.73 Å². The van der Waals surface area contributed by atoms with Gasteiger partial charge in [0.15, 0.2) is 0 Å². The lowest BCUT2D eigenvalue weighted by Crippen LogP contribution is -1.97. The third kappa shape index (κ3) is 18.0. The molecular weight excluding hydrogens is 110 g/mol. The lowest BCUT2D eigenvalue weighted by molar-refractivity contribution is 0.674. The summed E-state index contributed by atoms with van der Waals surface area (Å²) in [5.41, 5.74) is 5.27. The second-order valence-corrected chi connectivity index (χ2v) is 1.85. The van der Waals surface area contributed by atoms with Gasteiger partial charge in [0.05, 0.1) is 0 Å². The smallest absolute Gasteiger partial charge is 0.00773 e. The Kier molecular flexibility index (Phi) is 20.4. The molecule has 0 aromatic heterocycles. The minimum Gasteiger partial charge on any atom is -0.330 e. The quantitative estimate of drug-likeness (QED) is 0.583. The van der Waals surface area contributed by atoms with Crippen molar-refractivity contribution in [3.05, 3.63) is 0 Å². The van der Waals surface area contributed by atoms with Crippen molar-refractivity contribution in [2.45, 2.75) is 46.5 Å². The zero-order valence-corrected chi connectivity index (χ0v) is 7.11. The van der Waals surface area contributed by atoms with E-state index in [0.29, 0.717) is 0 Å². The summed E-state index contributed by atoms with van der Waals surface area (Å²) in [6.07, 6.45) is 5.16. The van der Waals surface area contributed by atoms with Crippen molar-refractivity contribution < 1.29 is 0 Å². The third-order valence-electron chi connectivity index (χ3n) is 1.06. The van der Waals surface area contributed by atoms with Crippen molar-refractivity contribution in [1.29, 1.82) is 0 Å². The van der Waals surface area contributed by atoms with Crippen LogP contribution in [0.4, 0.5) is 0 Å². The molecule has 0 amide bonds. The molecule has 0 saturated heterocycles. The molecule has 0 saturated carbocycles. The Hall–Kier alpha value is -0.0400. The first-order valence-electron chi connectivity index (χ1n) is 4.12. The van der Waals surface area contributed by atoms with E-state index in [9.17, 15) is 0 Å². The average Bonchev–Trinajstić information content (AvgIpc) is 1.94. The summed E-state index contributed by atoms with van der Waals surface area (Å²) in [5.74, 6) is 0. The van der Waals surface area contributed by atoms with E-state index in [-0.39, 0.29) is 0 Å². The standard InChI is InChI=1S/C6H15N.C2H6/c1-2-3-4-5-6-7;1-2/h2-7H2,1H3;1-2H3. The van der Waals surface area contributed by atoms with Gasteiger partial charge in [-0.3, -0.25) is 0 Å². The van der Waals surface area contributed by atoms with Crippen LogP contribution in [0.5, 0.6) is 0 Å². The highest BCUT2D eigenvalue weighted by atomic mass is 14.5. The van der Waals surface area contributed by atoms with Crippen molar-refractivity contribution in [3.63, 3.8) is 0 Å². The number of nitrogens with two attached hydrogens (primary N) is 1. The molecule has 0 aliphatic rings. The maximum Gasteiger partial charge on any atom is -0.00773 e. The second kappa shape index (κ2) is 15.7. The van der Waals surface area contributed by atoms with E-state index in [1.54, 1.807) is 0 Å². The van der Waals surface area contributed by atoms with Crippen LogP contribution < -0.4 is 5.73 Å². The molecule has 0 radical (unpaired) electrons. The van der Waals surface area contributed by atoms with Gasteiger partial charge in [-0.25, -0.2) is 0 Å². The summed E-state index contributed by atoms with van der Waals surface area (Å²) in [6.45, 7) is 7.07. The summed E-state index contributed by atoms with van der Waals surface area (Å²) in [4.78, 5) is 0. The summed E-state index contributed by atoms with van der Waals surface area (Å²) in [6, 6.07) is 0. The highest BCUT2D eigenvalue weighted by Crippen LogP contribution is 1.95. The SMILES string of the molecule is CC.CCCCCCN. The lowest BCUT2D eigenvalue weighted by atomic mass is 10.2. The summed E-state index contributed by atoms with van der Waals surface area (Å²) < 4.78 is 0. The number of hydrogen-bond acceptors (Lipinski definition) is 1. The topological polar surface area (TPSA) is 26.0 Å². The van der Waals surface area contributed by atoms with E-state index in [2.05, 4.69) is 6.92 Å². The van der Waals surface area contributed by atoms with Crippen LogP contribution in [0.1, 0.15) is 46.5 Å². The van der Waals surface area contributed by atoms with Crippen LogP contribution >= 0.6 is 0 Å². The van der Waals surface area contributed by atoms with Crippen molar-refractivity contribution in [2.75, 3.05) is 6.54 Å². The van der Waals surface area contributed by atoms with Crippen molar-refractivity contribution >= 4 is 0 Å². The van der Waals surface area contributed by atoms with Gasteiger partial charge < -0.3 is 5.73 Å². The van der Waals surface area contributed by atoms with Crippen LogP contribution in [0.25, 0.3) is 0 Å². The molecule has 0 atom stereocenters. The summed E-state index contributed by atoms with van der Waals surface area (Å²) in [5, 5.41) is 0. The molecule has 1 heteroatoms. The largest absolute Gasteiger partial charge is 0.330 e. The van der Waals surface area contributed by atoms with Gasteiger partial charge in [-0.05, 0) is 13.0 Å². The van der Waals surface area contributed by atoms with Crippen LogP contribution in [0.15, 0.2) is 0 Å². The second-order valence-electron chi connectivity index (χ2n) is 1.85. The molecule has 9 heavy (non-hydrogen) atoms. The van der Waals surface area contributed by atoms with Gasteiger partial charge >= 0.3 is 0 Å². The Morgan fingerprint density at radius 3 is 1.89 bits per heavy atom. The fraction of sp³-hybridized carbons (Fsp3) is 1.00. The Morgan fingerprint density at radius 2 is 1.56 bits per heavy atom. The molecule has 0 spiro atoms. The fourth-order valence-electron chi connectivity index (χ4n) is 0.571. The molecular formula is C8H21N. The van der Waals surface area contributed by atoms with Gasteiger partial charge in [-0.15, -0.1) is 0 Å². The van der Waals surface area contributed by atoms with Gasteiger partial charge in [-0.1, -0.05) is 40.0 Å². The molecule has 0 aliphatic carbocycles. The van der Waals surface area contributed by atoms with Gasteiger partial charge in [0, 0.05) is 0 Å². The van der Waals surface area contributed by atoms with Crippen LogP contribution in [0.2, 0.25) is 0 Å². The lowest BCUT2D eigenvalue weighted by Gasteiger charge is -1.90. The monoisotopic (exact) mass is 131 g/mol. The number of rotatable bonds is 4. The summed E-state index contributed by atoms with van der Waals surface area (Å²) >= 11 is 0. The molecule has 0 fully saturated rings. The Bertz CT molecular complexity index is 23.7. The number of hydrogen-bond donors (Lipinski definition) is 1. The van der Waals surface area contributed by atoms with E-state index in [1.807, 2.05) is 13.8 Å². The average molecular weight is 131 g/mol. The van der Waals surface area contributed by atoms with E-state index in [1.165, 1.54) is 25.7 Å². The van der Waals surface area contributed by atoms with Crippen LogP contribution in [-0.4, -0.2) is 6.54 Å². The molecule has 58 valence electrons. The van der Waals surface area contributed by atoms with E-state index in [4.69, 9.17) is 5.73 Å². The first-order chi connectivity index (χ1) is 4.41.